The van der Waals surface area contributed by atoms with Crippen molar-refractivity contribution >= 4 is 23.5 Å². The zero-order valence-electron chi connectivity index (χ0n) is 16.3. The van der Waals surface area contributed by atoms with Crippen molar-refractivity contribution in [2.24, 2.45) is 0 Å². The second-order valence-corrected chi connectivity index (χ2v) is 7.69. The van der Waals surface area contributed by atoms with E-state index in [0.717, 1.165) is 36.1 Å². The number of carbonyl (C=O) groups excluding carboxylic acids is 1. The quantitative estimate of drug-likeness (QED) is 0.670. The molecule has 0 aliphatic carbocycles. The van der Waals surface area contributed by atoms with Gasteiger partial charge in [0.15, 0.2) is 0 Å². The van der Waals surface area contributed by atoms with Crippen LogP contribution in [0.1, 0.15) is 19.8 Å². The van der Waals surface area contributed by atoms with Gasteiger partial charge in [-0.1, -0.05) is 60.1 Å². The molecule has 2 heterocycles. The zero-order chi connectivity index (χ0) is 20.2. The topological polar surface area (TPSA) is 58.1 Å². The lowest BCUT2D eigenvalue weighted by Gasteiger charge is -2.32. The summed E-state index contributed by atoms with van der Waals surface area (Å²) in [4.78, 5) is 22.6. The van der Waals surface area contributed by atoms with Crippen LogP contribution in [0.2, 0.25) is 5.02 Å². The predicted octanol–water partition coefficient (Wildman–Crippen LogP) is 4.89. The number of likely N-dealkylation sites (tertiary alicyclic amines) is 1. The highest BCUT2D eigenvalue weighted by Crippen LogP contribution is 2.30. The van der Waals surface area contributed by atoms with E-state index in [1.165, 1.54) is 0 Å². The van der Waals surface area contributed by atoms with Crippen molar-refractivity contribution in [3.8, 4) is 22.4 Å². The SMILES string of the molecule is CC(=O)N1CCC[C@H](Nc2ncc(Cl)c(-c3cccc(-c4ccccc4)c3)n2)C1. The minimum atomic E-state index is 0.104. The Bertz CT molecular complexity index is 1010. The average Bonchev–Trinajstić information content (AvgIpc) is 2.76. The number of hydrogen-bond acceptors (Lipinski definition) is 4. The van der Waals surface area contributed by atoms with Crippen molar-refractivity contribution < 1.29 is 4.79 Å². The van der Waals surface area contributed by atoms with E-state index in [-0.39, 0.29) is 11.9 Å². The first-order valence-electron chi connectivity index (χ1n) is 9.80. The summed E-state index contributed by atoms with van der Waals surface area (Å²) in [6, 6.07) is 18.5. The minimum absolute atomic E-state index is 0.104. The van der Waals surface area contributed by atoms with Gasteiger partial charge in [0.05, 0.1) is 16.9 Å². The van der Waals surface area contributed by atoms with Gasteiger partial charge >= 0.3 is 0 Å². The third-order valence-corrected chi connectivity index (χ3v) is 5.46. The predicted molar refractivity (Wildman–Crippen MR) is 117 cm³/mol. The summed E-state index contributed by atoms with van der Waals surface area (Å²) < 4.78 is 0. The second kappa shape index (κ2) is 8.62. The minimum Gasteiger partial charge on any atom is -0.350 e. The molecule has 1 amide bonds. The van der Waals surface area contributed by atoms with Crippen LogP contribution in [0.4, 0.5) is 5.95 Å². The molecule has 29 heavy (non-hydrogen) atoms. The van der Waals surface area contributed by atoms with Crippen LogP contribution in [0.5, 0.6) is 0 Å². The number of anilines is 1. The van der Waals surface area contributed by atoms with Gasteiger partial charge in [0.25, 0.3) is 0 Å². The summed E-state index contributed by atoms with van der Waals surface area (Å²) in [5.41, 5.74) is 3.89. The normalized spacial score (nSPS) is 16.5. The van der Waals surface area contributed by atoms with E-state index < -0.39 is 0 Å². The number of hydrogen-bond donors (Lipinski definition) is 1. The van der Waals surface area contributed by atoms with Gasteiger partial charge in [-0.05, 0) is 30.0 Å². The number of benzene rings is 2. The number of nitrogens with one attached hydrogen (secondary N) is 1. The number of rotatable bonds is 4. The smallest absolute Gasteiger partial charge is 0.223 e. The molecule has 1 fully saturated rings. The highest BCUT2D eigenvalue weighted by atomic mass is 35.5. The molecule has 1 aromatic heterocycles. The van der Waals surface area contributed by atoms with Gasteiger partial charge in [0.1, 0.15) is 0 Å². The summed E-state index contributed by atoms with van der Waals surface area (Å²) in [5.74, 6) is 0.636. The first kappa shape index (κ1) is 19.4. The lowest BCUT2D eigenvalue weighted by atomic mass is 10.0. The van der Waals surface area contributed by atoms with E-state index in [9.17, 15) is 4.79 Å². The van der Waals surface area contributed by atoms with Crippen LogP contribution >= 0.6 is 11.6 Å². The van der Waals surface area contributed by atoms with Crippen molar-refractivity contribution in [3.05, 3.63) is 65.8 Å². The number of aromatic nitrogens is 2. The second-order valence-electron chi connectivity index (χ2n) is 7.29. The number of carbonyl (C=O) groups is 1. The lowest BCUT2D eigenvalue weighted by molar-refractivity contribution is -0.129. The molecule has 0 spiro atoms. The van der Waals surface area contributed by atoms with Crippen LogP contribution in [0.3, 0.4) is 0 Å². The van der Waals surface area contributed by atoms with Crippen LogP contribution in [0.25, 0.3) is 22.4 Å². The third-order valence-electron chi connectivity index (χ3n) is 5.19. The molecule has 1 atom stereocenters. The van der Waals surface area contributed by atoms with Crippen molar-refractivity contribution in [1.82, 2.24) is 14.9 Å². The van der Waals surface area contributed by atoms with Gasteiger partial charge in [0.2, 0.25) is 11.9 Å². The number of piperidine rings is 1. The Morgan fingerprint density at radius 3 is 2.66 bits per heavy atom. The Balaban J connectivity index is 1.58. The zero-order valence-corrected chi connectivity index (χ0v) is 17.1. The molecule has 6 heteroatoms. The van der Waals surface area contributed by atoms with Crippen LogP contribution in [0, 0.1) is 0 Å². The molecule has 1 N–H and O–H groups in total. The summed E-state index contributed by atoms with van der Waals surface area (Å²) in [6.45, 7) is 3.09. The van der Waals surface area contributed by atoms with Crippen LogP contribution in [-0.2, 0) is 4.79 Å². The van der Waals surface area contributed by atoms with E-state index in [0.29, 0.717) is 23.2 Å². The van der Waals surface area contributed by atoms with E-state index in [1.807, 2.05) is 35.2 Å². The fraction of sp³-hybridized carbons (Fsp3) is 0.261. The fourth-order valence-corrected chi connectivity index (χ4v) is 3.88. The van der Waals surface area contributed by atoms with Crippen molar-refractivity contribution in [3.63, 3.8) is 0 Å². The number of amides is 1. The Labute approximate surface area is 175 Å². The van der Waals surface area contributed by atoms with E-state index >= 15 is 0 Å². The molecule has 0 bridgehead atoms. The first-order valence-corrected chi connectivity index (χ1v) is 10.2. The highest BCUT2D eigenvalue weighted by Gasteiger charge is 2.22. The highest BCUT2D eigenvalue weighted by molar-refractivity contribution is 6.32. The molecule has 0 unspecified atom stereocenters. The third kappa shape index (κ3) is 4.57. The standard InChI is InChI=1S/C23H23ClN4O/c1-16(29)28-12-6-11-20(15-28)26-23-25-14-21(24)22(27-23)19-10-5-9-18(13-19)17-7-3-2-4-8-17/h2-5,7-10,13-14,20H,6,11-12,15H2,1H3,(H,25,26,27)/t20-/m0/s1. The van der Waals surface area contributed by atoms with Gasteiger partial charge in [-0.15, -0.1) is 0 Å². The molecule has 5 nitrogen and oxygen atoms in total. The van der Waals surface area contributed by atoms with E-state index in [1.54, 1.807) is 13.1 Å². The fourth-order valence-electron chi connectivity index (χ4n) is 3.68. The van der Waals surface area contributed by atoms with Crippen LogP contribution in [0.15, 0.2) is 60.8 Å². The Morgan fingerprint density at radius 2 is 1.86 bits per heavy atom. The first-order chi connectivity index (χ1) is 14.1. The van der Waals surface area contributed by atoms with E-state index in [2.05, 4.69) is 39.6 Å². The summed E-state index contributed by atoms with van der Waals surface area (Å²) in [7, 11) is 0. The molecular formula is C23H23ClN4O. The molecule has 148 valence electrons. The Hall–Kier alpha value is -2.92. The van der Waals surface area contributed by atoms with Crippen molar-refractivity contribution in [2.45, 2.75) is 25.8 Å². The van der Waals surface area contributed by atoms with E-state index in [4.69, 9.17) is 11.6 Å². The summed E-state index contributed by atoms with van der Waals surface area (Å²) in [5, 5.41) is 3.88. The van der Waals surface area contributed by atoms with Crippen molar-refractivity contribution in [1.29, 1.82) is 0 Å². The van der Waals surface area contributed by atoms with Gasteiger partial charge in [0, 0.05) is 31.6 Å². The lowest BCUT2D eigenvalue weighted by Crippen LogP contribution is -2.44. The molecule has 3 aromatic rings. The monoisotopic (exact) mass is 406 g/mol. The summed E-state index contributed by atoms with van der Waals surface area (Å²) >= 11 is 6.43. The Morgan fingerprint density at radius 1 is 1.10 bits per heavy atom. The van der Waals surface area contributed by atoms with Gasteiger partial charge < -0.3 is 10.2 Å². The van der Waals surface area contributed by atoms with Crippen LogP contribution in [-0.4, -0.2) is 39.9 Å². The maximum Gasteiger partial charge on any atom is 0.223 e. The molecule has 0 radical (unpaired) electrons. The van der Waals surface area contributed by atoms with Gasteiger partial charge in [-0.3, -0.25) is 4.79 Å². The molecule has 1 saturated heterocycles. The molecule has 4 rings (SSSR count). The number of nitrogens with zero attached hydrogens (tertiary/aromatic N) is 3. The largest absolute Gasteiger partial charge is 0.350 e. The molecule has 2 aromatic carbocycles. The summed E-state index contributed by atoms with van der Waals surface area (Å²) in [6.07, 6.45) is 3.58. The number of halogens is 1. The Kier molecular flexibility index (Phi) is 5.76. The molecule has 1 aliphatic rings. The average molecular weight is 407 g/mol. The molecular weight excluding hydrogens is 384 g/mol. The van der Waals surface area contributed by atoms with Crippen molar-refractivity contribution in [2.75, 3.05) is 18.4 Å². The maximum absolute atomic E-state index is 11.7. The molecule has 0 saturated carbocycles. The van der Waals surface area contributed by atoms with Gasteiger partial charge in [-0.2, -0.15) is 0 Å². The van der Waals surface area contributed by atoms with Gasteiger partial charge in [-0.25, -0.2) is 9.97 Å². The molecule has 1 aliphatic heterocycles. The van der Waals surface area contributed by atoms with Crippen LogP contribution < -0.4 is 5.32 Å². The maximum atomic E-state index is 11.7.